The molecule has 0 bridgehead atoms. The number of nitrogens with zero attached hydrogens (tertiary/aromatic N) is 7. The zero-order valence-electron chi connectivity index (χ0n) is 14.2. The van der Waals surface area contributed by atoms with Crippen molar-refractivity contribution in [1.29, 1.82) is 0 Å². The van der Waals surface area contributed by atoms with Gasteiger partial charge in [-0.3, -0.25) is 4.98 Å². The lowest BCUT2D eigenvalue weighted by Crippen LogP contribution is -2.10. The number of fused-ring (bicyclic) bond motifs is 5. The molecule has 132 valence electrons. The van der Waals surface area contributed by atoms with E-state index in [2.05, 4.69) is 41.1 Å². The number of tetrazole rings is 1. The summed E-state index contributed by atoms with van der Waals surface area (Å²) in [7, 11) is 0. The van der Waals surface area contributed by atoms with Crippen molar-refractivity contribution in [2.45, 2.75) is 6.42 Å². The highest BCUT2D eigenvalue weighted by Gasteiger charge is 2.23. The second-order valence-corrected chi connectivity index (χ2v) is 6.01. The van der Waals surface area contributed by atoms with Crippen LogP contribution in [0.1, 0.15) is 5.69 Å². The molecule has 1 aliphatic rings. The van der Waals surface area contributed by atoms with Gasteiger partial charge in [0.2, 0.25) is 5.95 Å². The molecule has 0 spiro atoms. The summed E-state index contributed by atoms with van der Waals surface area (Å²) in [6, 6.07) is 13.7. The predicted octanol–water partition coefficient (Wildman–Crippen LogP) is 2.23. The molecular formula is C18H15N9. The molecule has 4 heterocycles. The van der Waals surface area contributed by atoms with Gasteiger partial charge in [-0.15, -0.1) is 5.10 Å². The monoisotopic (exact) mass is 357 g/mol. The Balaban J connectivity index is 1.44. The lowest BCUT2D eigenvalue weighted by Gasteiger charge is -2.10. The molecule has 0 aliphatic carbocycles. The van der Waals surface area contributed by atoms with Crippen molar-refractivity contribution in [2.75, 3.05) is 17.2 Å². The van der Waals surface area contributed by atoms with Crippen molar-refractivity contribution in [3.05, 3.63) is 60.6 Å². The van der Waals surface area contributed by atoms with Crippen LogP contribution in [0.3, 0.4) is 0 Å². The van der Waals surface area contributed by atoms with E-state index in [1.165, 1.54) is 0 Å². The Labute approximate surface area is 154 Å². The number of benzene rings is 1. The van der Waals surface area contributed by atoms with E-state index in [1.807, 2.05) is 42.5 Å². The average Bonchev–Trinajstić information content (AvgIpc) is 3.14. The summed E-state index contributed by atoms with van der Waals surface area (Å²) >= 11 is 0. The van der Waals surface area contributed by atoms with E-state index < -0.39 is 0 Å². The maximum Gasteiger partial charge on any atom is 0.224 e. The van der Waals surface area contributed by atoms with Crippen LogP contribution in [0.2, 0.25) is 0 Å². The molecule has 0 radical (unpaired) electrons. The Morgan fingerprint density at radius 2 is 1.96 bits per heavy atom. The number of pyridine rings is 1. The summed E-state index contributed by atoms with van der Waals surface area (Å²) in [5.41, 5.74) is 3.50. The van der Waals surface area contributed by atoms with Crippen LogP contribution in [0.4, 0.5) is 17.5 Å². The van der Waals surface area contributed by atoms with Gasteiger partial charge >= 0.3 is 0 Å². The summed E-state index contributed by atoms with van der Waals surface area (Å²) in [6.45, 7) is 0.685. The Morgan fingerprint density at radius 3 is 2.89 bits per heavy atom. The number of nitrogens with one attached hydrogen (secondary N) is 2. The first-order valence-corrected chi connectivity index (χ1v) is 8.54. The lowest BCUT2D eigenvalue weighted by molar-refractivity contribution is 0.793. The number of anilines is 3. The number of aromatic nitrogens is 7. The normalized spacial score (nSPS) is 11.6. The van der Waals surface area contributed by atoms with E-state index in [9.17, 15) is 0 Å². The van der Waals surface area contributed by atoms with Gasteiger partial charge in [0.05, 0.1) is 16.9 Å². The highest BCUT2D eigenvalue weighted by molar-refractivity contribution is 5.81. The highest BCUT2D eigenvalue weighted by atomic mass is 15.5. The molecule has 0 unspecified atom stereocenters. The minimum Gasteiger partial charge on any atom is -0.354 e. The first kappa shape index (κ1) is 15.4. The summed E-state index contributed by atoms with van der Waals surface area (Å²) in [4.78, 5) is 13.4. The van der Waals surface area contributed by atoms with Gasteiger partial charge in [0.15, 0.2) is 5.82 Å². The van der Waals surface area contributed by atoms with Gasteiger partial charge in [-0.2, -0.15) is 9.67 Å². The molecule has 0 fully saturated rings. The second kappa shape index (κ2) is 6.45. The largest absolute Gasteiger partial charge is 0.354 e. The van der Waals surface area contributed by atoms with E-state index in [1.54, 1.807) is 17.1 Å². The fraction of sp³-hybridized carbons (Fsp3) is 0.111. The zero-order chi connectivity index (χ0) is 18.1. The van der Waals surface area contributed by atoms with Crippen LogP contribution in [0, 0.1) is 0 Å². The van der Waals surface area contributed by atoms with E-state index in [0.717, 1.165) is 29.1 Å². The van der Waals surface area contributed by atoms with Crippen LogP contribution in [0.5, 0.6) is 0 Å². The molecule has 0 saturated carbocycles. The quantitative estimate of drug-likeness (QED) is 0.504. The van der Waals surface area contributed by atoms with E-state index in [-0.39, 0.29) is 0 Å². The van der Waals surface area contributed by atoms with Crippen molar-refractivity contribution in [1.82, 2.24) is 35.2 Å². The first-order valence-electron chi connectivity index (χ1n) is 8.54. The molecule has 0 amide bonds. The molecule has 9 nitrogen and oxygen atoms in total. The van der Waals surface area contributed by atoms with Gasteiger partial charge in [0, 0.05) is 31.1 Å². The molecule has 9 heteroatoms. The molecular weight excluding hydrogens is 342 g/mol. The van der Waals surface area contributed by atoms with Crippen molar-refractivity contribution in [2.24, 2.45) is 0 Å². The average molecular weight is 357 g/mol. The fourth-order valence-corrected chi connectivity index (χ4v) is 2.98. The summed E-state index contributed by atoms with van der Waals surface area (Å²) < 4.78 is 1.69. The predicted molar refractivity (Wildman–Crippen MR) is 99.9 cm³/mol. The highest BCUT2D eigenvalue weighted by Crippen LogP contribution is 2.35. The Bertz CT molecular complexity index is 1090. The molecule has 0 saturated heterocycles. The lowest BCUT2D eigenvalue weighted by atomic mass is 10.2. The van der Waals surface area contributed by atoms with Crippen LogP contribution in [-0.2, 0) is 6.42 Å². The Kier molecular flexibility index (Phi) is 3.67. The molecule has 3 aromatic heterocycles. The molecule has 2 N–H and O–H groups in total. The van der Waals surface area contributed by atoms with Crippen molar-refractivity contribution in [3.63, 3.8) is 0 Å². The van der Waals surface area contributed by atoms with Crippen molar-refractivity contribution in [3.8, 4) is 17.1 Å². The minimum atomic E-state index is 0.538. The third kappa shape index (κ3) is 2.84. The van der Waals surface area contributed by atoms with Gasteiger partial charge in [-0.1, -0.05) is 18.2 Å². The standard InChI is InChI=1S/C18H15N9/c1-2-7-15-14(6-1)22-16-13(17-24-25-26-27(15)17)11-21-18(23-16)20-10-8-12-5-3-4-9-19-12/h1-7,9,11H,8,10H2,(H2,20,21,22,23). The number of hydrogen-bond acceptors (Lipinski definition) is 8. The molecule has 1 aromatic carbocycles. The maximum absolute atomic E-state index is 4.62. The maximum atomic E-state index is 4.62. The van der Waals surface area contributed by atoms with Crippen molar-refractivity contribution >= 4 is 17.5 Å². The first-order chi connectivity index (χ1) is 13.4. The third-order valence-corrected chi connectivity index (χ3v) is 4.27. The molecule has 0 atom stereocenters. The SMILES string of the molecule is c1ccc(CCNc2ncc3c(n2)Nc2ccccc2-n2nnnc2-3)nc1. The van der Waals surface area contributed by atoms with E-state index in [0.29, 0.717) is 24.1 Å². The molecule has 4 aromatic rings. The Hall–Kier alpha value is -3.88. The third-order valence-electron chi connectivity index (χ3n) is 4.27. The summed E-state index contributed by atoms with van der Waals surface area (Å²) in [5.74, 6) is 1.80. The molecule has 1 aliphatic heterocycles. The van der Waals surface area contributed by atoms with Gasteiger partial charge in [0.1, 0.15) is 5.82 Å². The number of hydrogen-bond donors (Lipinski definition) is 2. The minimum absolute atomic E-state index is 0.538. The zero-order valence-corrected chi connectivity index (χ0v) is 14.2. The van der Waals surface area contributed by atoms with Gasteiger partial charge in [0.25, 0.3) is 0 Å². The van der Waals surface area contributed by atoms with Crippen LogP contribution in [0.25, 0.3) is 17.1 Å². The number of rotatable bonds is 4. The van der Waals surface area contributed by atoms with Crippen LogP contribution < -0.4 is 10.6 Å². The Morgan fingerprint density at radius 1 is 1.04 bits per heavy atom. The van der Waals surface area contributed by atoms with Crippen molar-refractivity contribution < 1.29 is 0 Å². The van der Waals surface area contributed by atoms with E-state index in [4.69, 9.17) is 0 Å². The van der Waals surface area contributed by atoms with Crippen LogP contribution in [0.15, 0.2) is 54.9 Å². The van der Waals surface area contributed by atoms with E-state index >= 15 is 0 Å². The molecule has 27 heavy (non-hydrogen) atoms. The second-order valence-electron chi connectivity index (χ2n) is 6.01. The summed E-state index contributed by atoms with van der Waals surface area (Å²) in [6.07, 6.45) is 4.31. The number of para-hydroxylation sites is 2. The molecule has 5 rings (SSSR count). The van der Waals surface area contributed by atoms with Crippen LogP contribution >= 0.6 is 0 Å². The van der Waals surface area contributed by atoms with Crippen LogP contribution in [-0.4, -0.2) is 41.7 Å². The fourth-order valence-electron chi connectivity index (χ4n) is 2.98. The topological polar surface area (TPSA) is 106 Å². The van der Waals surface area contributed by atoms with Gasteiger partial charge in [-0.05, 0) is 34.7 Å². The van der Waals surface area contributed by atoms with Gasteiger partial charge < -0.3 is 10.6 Å². The van der Waals surface area contributed by atoms with Gasteiger partial charge in [-0.25, -0.2) is 4.98 Å². The smallest absolute Gasteiger partial charge is 0.224 e. The summed E-state index contributed by atoms with van der Waals surface area (Å²) in [5, 5.41) is 18.6.